The number of hydrogen-bond acceptors (Lipinski definition) is 4. The molecule has 6 nitrogen and oxygen atoms in total. The molecular formula is C17H17NO5. The molecule has 2 aromatic rings. The first-order chi connectivity index (χ1) is 11.1. The third-order valence-corrected chi connectivity index (χ3v) is 3.85. The van der Waals surface area contributed by atoms with E-state index >= 15 is 0 Å². The highest BCUT2D eigenvalue weighted by molar-refractivity contribution is 5.97. The van der Waals surface area contributed by atoms with Crippen LogP contribution in [0.25, 0.3) is 0 Å². The lowest BCUT2D eigenvalue weighted by atomic mass is 9.99. The number of rotatable bonds is 4. The lowest BCUT2D eigenvalue weighted by molar-refractivity contribution is -0.136. The van der Waals surface area contributed by atoms with Crippen LogP contribution in [0.5, 0.6) is 5.75 Å². The number of aryl methyl sites for hydroxylation is 1. The summed E-state index contributed by atoms with van der Waals surface area (Å²) in [6.07, 6.45) is 1.75. The van der Waals surface area contributed by atoms with Crippen molar-refractivity contribution in [1.82, 2.24) is 5.32 Å². The van der Waals surface area contributed by atoms with Crippen molar-refractivity contribution in [1.29, 1.82) is 0 Å². The Morgan fingerprint density at radius 1 is 1.35 bits per heavy atom. The Bertz CT molecular complexity index is 749. The molecular weight excluding hydrogens is 298 g/mol. The van der Waals surface area contributed by atoms with E-state index in [4.69, 9.17) is 14.3 Å². The first-order valence-corrected chi connectivity index (χ1v) is 7.37. The number of furan rings is 1. The van der Waals surface area contributed by atoms with E-state index in [1.165, 1.54) is 6.26 Å². The van der Waals surface area contributed by atoms with Gasteiger partial charge in [-0.25, -0.2) is 0 Å². The van der Waals surface area contributed by atoms with Gasteiger partial charge >= 0.3 is 5.97 Å². The summed E-state index contributed by atoms with van der Waals surface area (Å²) in [7, 11) is 0. The van der Waals surface area contributed by atoms with E-state index in [1.807, 2.05) is 24.3 Å². The maximum Gasteiger partial charge on any atom is 0.311 e. The number of hydrogen-bond donors (Lipinski definition) is 2. The quantitative estimate of drug-likeness (QED) is 0.905. The van der Waals surface area contributed by atoms with Crippen LogP contribution in [-0.4, -0.2) is 23.6 Å². The smallest absolute Gasteiger partial charge is 0.311 e. The van der Waals surface area contributed by atoms with Crippen LogP contribution in [0.15, 0.2) is 34.9 Å². The lowest BCUT2D eigenvalue weighted by Gasteiger charge is -2.26. The number of carbonyl (C=O) groups is 2. The number of amides is 1. The number of benzene rings is 1. The van der Waals surface area contributed by atoms with Crippen molar-refractivity contribution in [2.45, 2.75) is 25.8 Å². The highest BCUT2D eigenvalue weighted by Gasteiger charge is 2.26. The minimum Gasteiger partial charge on any atom is -0.493 e. The second-order valence-electron chi connectivity index (χ2n) is 5.49. The van der Waals surface area contributed by atoms with E-state index in [0.29, 0.717) is 24.2 Å². The van der Waals surface area contributed by atoms with Gasteiger partial charge in [0.2, 0.25) is 0 Å². The number of carboxylic acid groups (broad SMARTS) is 1. The zero-order chi connectivity index (χ0) is 16.4. The monoisotopic (exact) mass is 315 g/mol. The SMILES string of the molecule is Cc1coc(CC(=O)O)c1C(=O)NC1CCOc2ccccc21. The van der Waals surface area contributed by atoms with Gasteiger partial charge in [-0.05, 0) is 13.0 Å². The Morgan fingerprint density at radius 3 is 2.91 bits per heavy atom. The standard InChI is InChI=1S/C17H17NO5/c1-10-9-23-14(8-15(19)20)16(10)17(21)18-12-6-7-22-13-5-3-2-4-11(12)13/h2-5,9,12H,6-8H2,1H3,(H,18,21)(H,19,20). The molecule has 1 aliphatic heterocycles. The summed E-state index contributed by atoms with van der Waals surface area (Å²) in [6.45, 7) is 2.25. The van der Waals surface area contributed by atoms with Crippen LogP contribution in [0.4, 0.5) is 0 Å². The maximum atomic E-state index is 12.6. The lowest BCUT2D eigenvalue weighted by Crippen LogP contribution is -2.32. The van der Waals surface area contributed by atoms with Gasteiger partial charge in [-0.15, -0.1) is 0 Å². The molecule has 1 aromatic heterocycles. The molecule has 1 atom stereocenters. The topological polar surface area (TPSA) is 88.8 Å². The molecule has 1 aliphatic rings. The number of carboxylic acids is 1. The molecule has 0 saturated carbocycles. The fourth-order valence-electron chi connectivity index (χ4n) is 2.79. The summed E-state index contributed by atoms with van der Waals surface area (Å²) in [5.41, 5.74) is 1.85. The maximum absolute atomic E-state index is 12.6. The van der Waals surface area contributed by atoms with Crippen LogP contribution >= 0.6 is 0 Å². The molecule has 0 aliphatic carbocycles. The second kappa shape index (κ2) is 6.16. The fourth-order valence-corrected chi connectivity index (χ4v) is 2.79. The third kappa shape index (κ3) is 3.06. The summed E-state index contributed by atoms with van der Waals surface area (Å²) in [4.78, 5) is 23.5. The van der Waals surface area contributed by atoms with Gasteiger partial charge in [-0.1, -0.05) is 18.2 Å². The van der Waals surface area contributed by atoms with Gasteiger partial charge < -0.3 is 19.6 Å². The number of para-hydroxylation sites is 1. The van der Waals surface area contributed by atoms with E-state index in [1.54, 1.807) is 6.92 Å². The average molecular weight is 315 g/mol. The van der Waals surface area contributed by atoms with Crippen molar-refractivity contribution in [3.05, 3.63) is 53.0 Å². The number of carbonyl (C=O) groups excluding carboxylic acids is 1. The Hall–Kier alpha value is -2.76. The van der Waals surface area contributed by atoms with Crippen molar-refractivity contribution < 1.29 is 23.8 Å². The van der Waals surface area contributed by atoms with Crippen LogP contribution in [-0.2, 0) is 11.2 Å². The van der Waals surface area contributed by atoms with Crippen molar-refractivity contribution in [3.63, 3.8) is 0 Å². The third-order valence-electron chi connectivity index (χ3n) is 3.85. The molecule has 6 heteroatoms. The van der Waals surface area contributed by atoms with E-state index < -0.39 is 5.97 Å². The predicted molar refractivity (Wildman–Crippen MR) is 81.5 cm³/mol. The van der Waals surface area contributed by atoms with Crippen LogP contribution < -0.4 is 10.1 Å². The van der Waals surface area contributed by atoms with Gasteiger partial charge in [-0.3, -0.25) is 9.59 Å². The molecule has 23 heavy (non-hydrogen) atoms. The number of fused-ring (bicyclic) bond motifs is 1. The minimum absolute atomic E-state index is 0.167. The summed E-state index contributed by atoms with van der Waals surface area (Å²) in [5, 5.41) is 11.9. The van der Waals surface area contributed by atoms with Crippen LogP contribution in [0.3, 0.4) is 0 Å². The Morgan fingerprint density at radius 2 is 2.13 bits per heavy atom. The van der Waals surface area contributed by atoms with E-state index in [2.05, 4.69) is 5.32 Å². The molecule has 1 amide bonds. The zero-order valence-electron chi connectivity index (χ0n) is 12.7. The predicted octanol–water partition coefficient (Wildman–Crippen LogP) is 2.47. The molecule has 0 bridgehead atoms. The Kier molecular flexibility index (Phi) is 4.06. The molecule has 1 unspecified atom stereocenters. The van der Waals surface area contributed by atoms with Crippen molar-refractivity contribution in [3.8, 4) is 5.75 Å². The second-order valence-corrected chi connectivity index (χ2v) is 5.49. The minimum atomic E-state index is -1.04. The molecule has 0 spiro atoms. The Labute approximate surface area is 133 Å². The van der Waals surface area contributed by atoms with Gasteiger partial charge in [0.05, 0.1) is 24.5 Å². The first kappa shape index (κ1) is 15.1. The number of nitrogens with one attached hydrogen (secondary N) is 1. The Balaban J connectivity index is 1.83. The number of aliphatic carboxylic acids is 1. The van der Waals surface area contributed by atoms with E-state index in [0.717, 1.165) is 11.3 Å². The van der Waals surface area contributed by atoms with Crippen LogP contribution in [0.1, 0.15) is 39.7 Å². The molecule has 0 fully saturated rings. The van der Waals surface area contributed by atoms with Gasteiger partial charge in [0, 0.05) is 17.5 Å². The average Bonchev–Trinajstić information content (AvgIpc) is 2.87. The molecule has 2 heterocycles. The molecule has 2 N–H and O–H groups in total. The highest BCUT2D eigenvalue weighted by Crippen LogP contribution is 2.32. The molecule has 0 radical (unpaired) electrons. The largest absolute Gasteiger partial charge is 0.493 e. The summed E-state index contributed by atoms with van der Waals surface area (Å²) in [6, 6.07) is 7.39. The fraction of sp³-hybridized carbons (Fsp3) is 0.294. The number of ether oxygens (including phenoxy) is 1. The highest BCUT2D eigenvalue weighted by atomic mass is 16.5. The van der Waals surface area contributed by atoms with E-state index in [-0.39, 0.29) is 24.1 Å². The van der Waals surface area contributed by atoms with Gasteiger partial charge in [0.25, 0.3) is 5.91 Å². The zero-order valence-corrected chi connectivity index (χ0v) is 12.7. The molecule has 1 aromatic carbocycles. The normalized spacial score (nSPS) is 16.3. The van der Waals surface area contributed by atoms with Gasteiger partial charge in [0.1, 0.15) is 17.9 Å². The van der Waals surface area contributed by atoms with E-state index in [9.17, 15) is 9.59 Å². The molecule has 3 rings (SSSR count). The van der Waals surface area contributed by atoms with Crippen molar-refractivity contribution in [2.75, 3.05) is 6.61 Å². The van der Waals surface area contributed by atoms with Crippen molar-refractivity contribution in [2.24, 2.45) is 0 Å². The molecule has 120 valence electrons. The van der Waals surface area contributed by atoms with Crippen LogP contribution in [0, 0.1) is 6.92 Å². The van der Waals surface area contributed by atoms with Gasteiger partial charge in [0.15, 0.2) is 0 Å². The van der Waals surface area contributed by atoms with Crippen LogP contribution in [0.2, 0.25) is 0 Å². The summed E-state index contributed by atoms with van der Waals surface area (Å²) in [5.74, 6) is -0.425. The summed E-state index contributed by atoms with van der Waals surface area (Å²) >= 11 is 0. The summed E-state index contributed by atoms with van der Waals surface area (Å²) < 4.78 is 10.8. The van der Waals surface area contributed by atoms with Crippen molar-refractivity contribution >= 4 is 11.9 Å². The van der Waals surface area contributed by atoms with Gasteiger partial charge in [-0.2, -0.15) is 0 Å². The molecule has 0 saturated heterocycles. The first-order valence-electron chi connectivity index (χ1n) is 7.37.